The molecule has 0 heterocycles. The van der Waals surface area contributed by atoms with E-state index in [0.717, 1.165) is 18.4 Å². The van der Waals surface area contributed by atoms with Gasteiger partial charge in [0.25, 0.3) is 0 Å². The molecule has 0 aromatic rings. The fraction of sp³-hybridized carbons (Fsp3) is 0.455. The van der Waals surface area contributed by atoms with Crippen molar-refractivity contribution in [2.24, 2.45) is 0 Å². The normalized spacial score (nSPS) is 14.1. The summed E-state index contributed by atoms with van der Waals surface area (Å²) in [6.45, 7) is 8.55. The summed E-state index contributed by atoms with van der Waals surface area (Å²) in [6, 6.07) is 0. The van der Waals surface area contributed by atoms with Gasteiger partial charge in [-0.05, 0) is 31.9 Å². The fourth-order valence-electron chi connectivity index (χ4n) is 0.950. The quantitative estimate of drug-likeness (QED) is 0.568. The van der Waals surface area contributed by atoms with Crippen molar-refractivity contribution in [3.63, 3.8) is 0 Å². The second kappa shape index (κ2) is 5.68. The van der Waals surface area contributed by atoms with Crippen LogP contribution in [0.15, 0.2) is 35.5 Å². The molecule has 0 aromatic carbocycles. The van der Waals surface area contributed by atoms with Gasteiger partial charge in [-0.25, -0.2) is 8.78 Å². The summed E-state index contributed by atoms with van der Waals surface area (Å²) < 4.78 is 25.9. The maximum Gasteiger partial charge on any atom is 0.161 e. The Labute approximate surface area is 78.7 Å². The second-order valence-electron chi connectivity index (χ2n) is 3.18. The van der Waals surface area contributed by atoms with E-state index in [9.17, 15) is 8.78 Å². The van der Waals surface area contributed by atoms with Crippen molar-refractivity contribution in [1.29, 1.82) is 0 Å². The van der Waals surface area contributed by atoms with Crippen LogP contribution in [0, 0.1) is 0 Å². The molecule has 0 aromatic heterocycles. The monoisotopic (exact) mass is 186 g/mol. The first-order valence-electron chi connectivity index (χ1n) is 4.37. The number of rotatable bonds is 4. The summed E-state index contributed by atoms with van der Waals surface area (Å²) in [6.07, 6.45) is 2.95. The largest absolute Gasteiger partial charge is 0.204 e. The third kappa shape index (κ3) is 4.61. The second-order valence-corrected chi connectivity index (χ2v) is 3.18. The van der Waals surface area contributed by atoms with E-state index in [0.29, 0.717) is 0 Å². The highest BCUT2D eigenvalue weighted by molar-refractivity contribution is 5.30. The van der Waals surface area contributed by atoms with E-state index in [1.54, 1.807) is 6.92 Å². The molecule has 0 unspecified atom stereocenters. The summed E-state index contributed by atoms with van der Waals surface area (Å²) in [7, 11) is 0. The molecule has 0 aliphatic rings. The van der Waals surface area contributed by atoms with Crippen molar-refractivity contribution in [3.8, 4) is 0 Å². The Bertz CT molecular complexity index is 247. The maximum atomic E-state index is 13.0. The van der Waals surface area contributed by atoms with Gasteiger partial charge in [0.1, 0.15) is 0 Å². The van der Waals surface area contributed by atoms with Crippen molar-refractivity contribution in [3.05, 3.63) is 35.5 Å². The highest BCUT2D eigenvalue weighted by Gasteiger charge is 2.03. The first kappa shape index (κ1) is 12.1. The Kier molecular flexibility index (Phi) is 5.28. The lowest BCUT2D eigenvalue weighted by atomic mass is 10.1. The Morgan fingerprint density at radius 2 is 1.85 bits per heavy atom. The van der Waals surface area contributed by atoms with Gasteiger partial charge in [0.2, 0.25) is 0 Å². The van der Waals surface area contributed by atoms with Crippen LogP contribution in [0.25, 0.3) is 0 Å². The number of hydrogen-bond acceptors (Lipinski definition) is 0. The highest BCUT2D eigenvalue weighted by atomic mass is 19.2. The molecule has 0 saturated carbocycles. The SMILES string of the molecule is C=C(C)/C(F)=C(F)\C=C(\C)CCC. The molecule has 0 radical (unpaired) electrons. The van der Waals surface area contributed by atoms with Gasteiger partial charge >= 0.3 is 0 Å². The first-order valence-corrected chi connectivity index (χ1v) is 4.37. The van der Waals surface area contributed by atoms with Crippen LogP contribution in [0.2, 0.25) is 0 Å². The molecule has 0 nitrogen and oxygen atoms in total. The molecule has 0 aliphatic carbocycles. The molecule has 0 saturated heterocycles. The van der Waals surface area contributed by atoms with E-state index in [1.807, 2.05) is 6.92 Å². The van der Waals surface area contributed by atoms with Gasteiger partial charge in [0, 0.05) is 0 Å². The average molecular weight is 186 g/mol. The fourth-order valence-corrected chi connectivity index (χ4v) is 0.950. The standard InChI is InChI=1S/C11H16F2/c1-5-6-9(4)7-10(12)11(13)8(2)3/h7H,2,5-6H2,1,3-4H3/b9-7-,11-10-. The van der Waals surface area contributed by atoms with Crippen LogP contribution >= 0.6 is 0 Å². The van der Waals surface area contributed by atoms with Crippen LogP contribution in [-0.2, 0) is 0 Å². The summed E-state index contributed by atoms with van der Waals surface area (Å²) in [5, 5.41) is 0. The Balaban J connectivity index is 4.60. The first-order chi connectivity index (χ1) is 5.99. The molecular formula is C11H16F2. The van der Waals surface area contributed by atoms with Crippen LogP contribution in [0.1, 0.15) is 33.6 Å². The van der Waals surface area contributed by atoms with E-state index in [4.69, 9.17) is 0 Å². The van der Waals surface area contributed by atoms with Gasteiger partial charge in [-0.1, -0.05) is 25.5 Å². The molecule has 2 heteroatoms. The topological polar surface area (TPSA) is 0 Å². The molecule has 74 valence electrons. The molecule has 0 spiro atoms. The third-order valence-electron chi connectivity index (χ3n) is 1.60. The van der Waals surface area contributed by atoms with Crippen molar-refractivity contribution >= 4 is 0 Å². The third-order valence-corrected chi connectivity index (χ3v) is 1.60. The number of allylic oxidation sites excluding steroid dienone is 5. The minimum Gasteiger partial charge on any atom is -0.204 e. The maximum absolute atomic E-state index is 13.0. The molecule has 0 fully saturated rings. The predicted octanol–water partition coefficient (Wildman–Crippen LogP) is 4.46. The molecule has 0 amide bonds. The van der Waals surface area contributed by atoms with Crippen molar-refractivity contribution in [1.82, 2.24) is 0 Å². The van der Waals surface area contributed by atoms with E-state index in [1.165, 1.54) is 13.0 Å². The van der Waals surface area contributed by atoms with Crippen LogP contribution in [-0.4, -0.2) is 0 Å². The molecular weight excluding hydrogens is 170 g/mol. The molecule has 0 rings (SSSR count). The Hall–Kier alpha value is -0.920. The van der Waals surface area contributed by atoms with E-state index >= 15 is 0 Å². The van der Waals surface area contributed by atoms with Crippen LogP contribution in [0.5, 0.6) is 0 Å². The van der Waals surface area contributed by atoms with E-state index < -0.39 is 11.7 Å². The van der Waals surface area contributed by atoms with Crippen molar-refractivity contribution in [2.75, 3.05) is 0 Å². The van der Waals surface area contributed by atoms with Crippen molar-refractivity contribution in [2.45, 2.75) is 33.6 Å². The lowest BCUT2D eigenvalue weighted by Crippen LogP contribution is -1.82. The minimum atomic E-state index is -0.851. The Morgan fingerprint density at radius 3 is 2.23 bits per heavy atom. The zero-order chi connectivity index (χ0) is 10.4. The lowest BCUT2D eigenvalue weighted by Gasteiger charge is -1.98. The highest BCUT2D eigenvalue weighted by Crippen LogP contribution is 2.19. The van der Waals surface area contributed by atoms with Gasteiger partial charge in [-0.3, -0.25) is 0 Å². The van der Waals surface area contributed by atoms with Crippen molar-refractivity contribution < 1.29 is 8.78 Å². The lowest BCUT2D eigenvalue weighted by molar-refractivity contribution is 0.563. The zero-order valence-electron chi connectivity index (χ0n) is 8.45. The smallest absolute Gasteiger partial charge is 0.161 e. The number of hydrogen-bond donors (Lipinski definition) is 0. The van der Waals surface area contributed by atoms with Gasteiger partial charge in [0.15, 0.2) is 11.7 Å². The summed E-state index contributed by atoms with van der Waals surface area (Å²) in [5.41, 5.74) is 0.967. The molecule has 0 N–H and O–H groups in total. The molecule has 13 heavy (non-hydrogen) atoms. The number of halogens is 2. The van der Waals surface area contributed by atoms with E-state index in [2.05, 4.69) is 6.58 Å². The van der Waals surface area contributed by atoms with Crippen LogP contribution in [0.4, 0.5) is 8.78 Å². The summed E-state index contributed by atoms with van der Waals surface area (Å²) in [4.78, 5) is 0. The minimum absolute atomic E-state index is 0.123. The van der Waals surface area contributed by atoms with Gasteiger partial charge in [-0.15, -0.1) is 0 Å². The van der Waals surface area contributed by atoms with Gasteiger partial charge in [0.05, 0.1) is 0 Å². The van der Waals surface area contributed by atoms with Crippen LogP contribution in [0.3, 0.4) is 0 Å². The summed E-state index contributed by atoms with van der Waals surface area (Å²) in [5.74, 6) is -1.67. The Morgan fingerprint density at radius 1 is 1.31 bits per heavy atom. The van der Waals surface area contributed by atoms with Gasteiger partial charge < -0.3 is 0 Å². The average Bonchev–Trinajstić information content (AvgIpc) is 2.03. The predicted molar refractivity (Wildman–Crippen MR) is 52.7 cm³/mol. The summed E-state index contributed by atoms with van der Waals surface area (Å²) >= 11 is 0. The zero-order valence-corrected chi connectivity index (χ0v) is 8.45. The van der Waals surface area contributed by atoms with Crippen LogP contribution < -0.4 is 0 Å². The van der Waals surface area contributed by atoms with E-state index in [-0.39, 0.29) is 5.57 Å². The molecule has 0 atom stereocenters. The van der Waals surface area contributed by atoms with Gasteiger partial charge in [-0.2, -0.15) is 0 Å². The molecule has 0 bridgehead atoms. The molecule has 0 aliphatic heterocycles.